The average molecular weight is 331 g/mol. The summed E-state index contributed by atoms with van der Waals surface area (Å²) in [5.41, 5.74) is 3.52. The number of pyridine rings is 1. The van der Waals surface area contributed by atoms with Gasteiger partial charge in [-0.2, -0.15) is 5.10 Å². The fourth-order valence-corrected chi connectivity index (χ4v) is 2.39. The summed E-state index contributed by atoms with van der Waals surface area (Å²) in [6, 6.07) is 14.5. The van der Waals surface area contributed by atoms with Crippen molar-refractivity contribution in [3.63, 3.8) is 0 Å². The van der Waals surface area contributed by atoms with Crippen LogP contribution in [0.3, 0.4) is 0 Å². The van der Waals surface area contributed by atoms with Crippen LogP contribution in [0.1, 0.15) is 10.5 Å². The normalized spacial score (nSPS) is 10.6. The summed E-state index contributed by atoms with van der Waals surface area (Å²) in [6.45, 7) is 0. The van der Waals surface area contributed by atoms with E-state index in [4.69, 9.17) is 4.52 Å². The van der Waals surface area contributed by atoms with Crippen molar-refractivity contribution in [1.82, 2.24) is 20.3 Å². The maximum Gasteiger partial charge on any atom is 0.273 e. The fourth-order valence-electron chi connectivity index (χ4n) is 2.39. The van der Waals surface area contributed by atoms with Gasteiger partial charge in [0.25, 0.3) is 5.91 Å². The molecule has 0 aliphatic carbocycles. The lowest BCUT2D eigenvalue weighted by molar-refractivity contribution is 0.102. The molecule has 7 nitrogen and oxygen atoms in total. The standard InChI is InChI=1S/C18H13N5O2/c24-18(16-11-15(22-23-16)12-5-8-19-9-6-12)21-14-3-1-13(2-4-14)17-7-10-20-25-17/h1-11H,(H,21,24)(H,22,23). The number of amides is 1. The molecule has 4 rings (SSSR count). The van der Waals surface area contributed by atoms with Crippen LogP contribution in [0, 0.1) is 0 Å². The van der Waals surface area contributed by atoms with Gasteiger partial charge in [-0.15, -0.1) is 0 Å². The highest BCUT2D eigenvalue weighted by molar-refractivity contribution is 6.03. The Morgan fingerprint density at radius 2 is 1.76 bits per heavy atom. The molecule has 2 N–H and O–H groups in total. The van der Waals surface area contributed by atoms with E-state index in [9.17, 15) is 4.79 Å². The predicted octanol–water partition coefficient (Wildman–Crippen LogP) is 3.38. The zero-order valence-corrected chi connectivity index (χ0v) is 13.0. The maximum absolute atomic E-state index is 12.3. The first-order valence-corrected chi connectivity index (χ1v) is 7.58. The Balaban J connectivity index is 1.48. The van der Waals surface area contributed by atoms with Crippen molar-refractivity contribution >= 4 is 11.6 Å². The Bertz CT molecular complexity index is 976. The van der Waals surface area contributed by atoms with Crippen molar-refractivity contribution in [3.05, 3.63) is 72.8 Å². The number of nitrogens with zero attached hydrogens (tertiary/aromatic N) is 3. The van der Waals surface area contributed by atoms with Gasteiger partial charge in [-0.3, -0.25) is 14.9 Å². The predicted molar refractivity (Wildman–Crippen MR) is 91.7 cm³/mol. The molecular formula is C18H13N5O2. The number of rotatable bonds is 4. The number of carbonyl (C=O) groups is 1. The molecule has 4 aromatic rings. The third-order valence-electron chi connectivity index (χ3n) is 3.66. The highest BCUT2D eigenvalue weighted by Gasteiger charge is 2.11. The van der Waals surface area contributed by atoms with Crippen molar-refractivity contribution in [1.29, 1.82) is 0 Å². The zero-order chi connectivity index (χ0) is 17.1. The topological polar surface area (TPSA) is 96.7 Å². The Labute approximate surface area is 142 Å². The van der Waals surface area contributed by atoms with Crippen LogP contribution in [0.5, 0.6) is 0 Å². The first-order chi connectivity index (χ1) is 12.3. The molecule has 0 spiro atoms. The lowest BCUT2D eigenvalue weighted by Crippen LogP contribution is -2.12. The van der Waals surface area contributed by atoms with Crippen LogP contribution in [-0.4, -0.2) is 26.2 Å². The van der Waals surface area contributed by atoms with Gasteiger partial charge >= 0.3 is 0 Å². The Morgan fingerprint density at radius 3 is 2.48 bits per heavy atom. The number of H-pyrrole nitrogens is 1. The van der Waals surface area contributed by atoms with E-state index in [1.165, 1.54) is 0 Å². The summed E-state index contributed by atoms with van der Waals surface area (Å²) >= 11 is 0. The van der Waals surface area contributed by atoms with Crippen molar-refractivity contribution in [2.75, 3.05) is 5.32 Å². The molecule has 7 heteroatoms. The van der Waals surface area contributed by atoms with E-state index in [-0.39, 0.29) is 5.91 Å². The quantitative estimate of drug-likeness (QED) is 0.597. The van der Waals surface area contributed by atoms with Crippen LogP contribution in [-0.2, 0) is 0 Å². The lowest BCUT2D eigenvalue weighted by atomic mass is 10.1. The minimum absolute atomic E-state index is 0.264. The molecule has 1 amide bonds. The number of anilines is 1. The third-order valence-corrected chi connectivity index (χ3v) is 3.66. The van der Waals surface area contributed by atoms with Crippen LogP contribution < -0.4 is 5.32 Å². The molecule has 0 atom stereocenters. The van der Waals surface area contributed by atoms with Crippen LogP contribution in [0.25, 0.3) is 22.6 Å². The summed E-state index contributed by atoms with van der Waals surface area (Å²) in [5, 5.41) is 13.4. The molecule has 0 aliphatic rings. The molecule has 3 heterocycles. The Morgan fingerprint density at radius 1 is 0.960 bits per heavy atom. The second kappa shape index (κ2) is 6.40. The molecule has 0 saturated heterocycles. The number of nitrogens with one attached hydrogen (secondary N) is 2. The molecule has 0 aliphatic heterocycles. The molecule has 122 valence electrons. The molecule has 0 unspecified atom stereocenters. The minimum Gasteiger partial charge on any atom is -0.356 e. The van der Waals surface area contributed by atoms with Crippen molar-refractivity contribution in [3.8, 4) is 22.6 Å². The summed E-state index contributed by atoms with van der Waals surface area (Å²) in [4.78, 5) is 16.3. The fraction of sp³-hybridized carbons (Fsp3) is 0. The molecule has 0 bridgehead atoms. The lowest BCUT2D eigenvalue weighted by Gasteiger charge is -2.04. The largest absolute Gasteiger partial charge is 0.356 e. The minimum atomic E-state index is -0.264. The van der Waals surface area contributed by atoms with Gasteiger partial charge < -0.3 is 9.84 Å². The molecule has 0 fully saturated rings. The van der Waals surface area contributed by atoms with Crippen LogP contribution in [0.2, 0.25) is 0 Å². The molecule has 3 aromatic heterocycles. The van der Waals surface area contributed by atoms with Crippen LogP contribution in [0.4, 0.5) is 5.69 Å². The van der Waals surface area contributed by atoms with Gasteiger partial charge in [0, 0.05) is 35.3 Å². The first kappa shape index (κ1) is 14.8. The number of carbonyl (C=O) groups excluding carboxylic acids is 1. The Kier molecular flexibility index (Phi) is 3.80. The van der Waals surface area contributed by atoms with E-state index in [0.29, 0.717) is 22.8 Å². The summed E-state index contributed by atoms with van der Waals surface area (Å²) < 4.78 is 5.10. The van der Waals surface area contributed by atoms with Gasteiger partial charge in [0.1, 0.15) is 5.69 Å². The SMILES string of the molecule is O=C(Nc1ccc(-c2ccno2)cc1)c1cc(-c2ccncc2)n[nH]1. The van der Waals surface area contributed by atoms with Gasteiger partial charge in [-0.05, 0) is 42.5 Å². The van der Waals surface area contributed by atoms with E-state index >= 15 is 0 Å². The summed E-state index contributed by atoms with van der Waals surface area (Å²) in [6.07, 6.45) is 4.95. The van der Waals surface area contributed by atoms with E-state index in [0.717, 1.165) is 11.1 Å². The second-order valence-corrected chi connectivity index (χ2v) is 5.31. The smallest absolute Gasteiger partial charge is 0.273 e. The first-order valence-electron chi connectivity index (χ1n) is 7.58. The molecule has 0 radical (unpaired) electrons. The van der Waals surface area contributed by atoms with Gasteiger partial charge in [0.2, 0.25) is 0 Å². The van der Waals surface area contributed by atoms with Crippen LogP contribution >= 0.6 is 0 Å². The summed E-state index contributed by atoms with van der Waals surface area (Å²) in [7, 11) is 0. The molecule has 1 aromatic carbocycles. The van der Waals surface area contributed by atoms with Gasteiger partial charge in [-0.25, -0.2) is 0 Å². The number of hydrogen-bond acceptors (Lipinski definition) is 5. The number of aromatic amines is 1. The van der Waals surface area contributed by atoms with Crippen molar-refractivity contribution in [2.24, 2.45) is 0 Å². The van der Waals surface area contributed by atoms with E-state index < -0.39 is 0 Å². The highest BCUT2D eigenvalue weighted by atomic mass is 16.5. The van der Waals surface area contributed by atoms with Crippen molar-refractivity contribution in [2.45, 2.75) is 0 Å². The monoisotopic (exact) mass is 331 g/mol. The third kappa shape index (κ3) is 3.16. The Hall–Kier alpha value is -3.74. The zero-order valence-electron chi connectivity index (χ0n) is 13.0. The van der Waals surface area contributed by atoms with E-state index in [1.54, 1.807) is 42.9 Å². The maximum atomic E-state index is 12.3. The van der Waals surface area contributed by atoms with Crippen LogP contribution in [0.15, 0.2) is 71.6 Å². The number of benzene rings is 1. The van der Waals surface area contributed by atoms with Gasteiger partial charge in [-0.1, -0.05) is 5.16 Å². The average Bonchev–Trinajstić information content (AvgIpc) is 3.35. The van der Waals surface area contributed by atoms with E-state index in [2.05, 4.69) is 25.7 Å². The van der Waals surface area contributed by atoms with Crippen molar-refractivity contribution < 1.29 is 9.32 Å². The number of aromatic nitrogens is 4. The number of hydrogen-bond donors (Lipinski definition) is 2. The van der Waals surface area contributed by atoms with Gasteiger partial charge in [0.15, 0.2) is 5.76 Å². The molecule has 0 saturated carbocycles. The second-order valence-electron chi connectivity index (χ2n) is 5.31. The summed E-state index contributed by atoms with van der Waals surface area (Å²) in [5.74, 6) is 0.411. The molecule has 25 heavy (non-hydrogen) atoms. The van der Waals surface area contributed by atoms with E-state index in [1.807, 2.05) is 24.3 Å². The molecular weight excluding hydrogens is 318 g/mol. The highest BCUT2D eigenvalue weighted by Crippen LogP contribution is 2.21. The van der Waals surface area contributed by atoms with Gasteiger partial charge in [0.05, 0.1) is 11.9 Å².